The van der Waals surface area contributed by atoms with E-state index in [0.29, 0.717) is 5.92 Å². The van der Waals surface area contributed by atoms with E-state index in [2.05, 4.69) is 5.32 Å². The van der Waals surface area contributed by atoms with Crippen LogP contribution in [0.4, 0.5) is 14.6 Å². The molecule has 0 bridgehead atoms. The maximum absolute atomic E-state index is 13.4. The van der Waals surface area contributed by atoms with E-state index < -0.39 is 11.6 Å². The van der Waals surface area contributed by atoms with Crippen molar-refractivity contribution in [1.29, 1.82) is 0 Å². The second-order valence-electron chi connectivity index (χ2n) is 8.40. The molecule has 0 saturated heterocycles. The SMILES string of the molecule is CN(C)c1nc(CC2CCC(NC(=O)c3ccc(F)c(F)c3)CC2)nc2ccccc12.Cl. The van der Waals surface area contributed by atoms with Gasteiger partial charge in [-0.2, -0.15) is 0 Å². The van der Waals surface area contributed by atoms with Crippen molar-refractivity contribution in [3.63, 3.8) is 0 Å². The third kappa shape index (κ3) is 5.33. The standard InChI is InChI=1S/C24H26F2N4O.ClH/c1-30(2)23-18-5-3-4-6-21(18)28-22(29-23)13-15-7-10-17(11-8-15)27-24(31)16-9-12-19(25)20(26)14-16;/h3-6,9,12,14-15,17H,7-8,10-11,13H2,1-2H3,(H,27,31);1H. The molecule has 170 valence electrons. The molecular weight excluding hydrogens is 434 g/mol. The van der Waals surface area contributed by atoms with Crippen molar-refractivity contribution in [2.75, 3.05) is 19.0 Å². The van der Waals surface area contributed by atoms with Gasteiger partial charge in [-0.15, -0.1) is 12.4 Å². The van der Waals surface area contributed by atoms with Gasteiger partial charge >= 0.3 is 0 Å². The van der Waals surface area contributed by atoms with Gasteiger partial charge in [0.15, 0.2) is 11.6 Å². The number of halogens is 3. The molecule has 0 aliphatic heterocycles. The average Bonchev–Trinajstić information content (AvgIpc) is 2.76. The number of nitrogens with zero attached hydrogens (tertiary/aromatic N) is 3. The van der Waals surface area contributed by atoms with Crippen LogP contribution in [0.2, 0.25) is 0 Å². The molecule has 4 rings (SSSR count). The lowest BCUT2D eigenvalue weighted by atomic mass is 9.84. The summed E-state index contributed by atoms with van der Waals surface area (Å²) in [6.45, 7) is 0. The van der Waals surface area contributed by atoms with E-state index in [1.54, 1.807) is 0 Å². The van der Waals surface area contributed by atoms with Crippen LogP contribution in [0, 0.1) is 17.6 Å². The van der Waals surface area contributed by atoms with Crippen molar-refractivity contribution in [1.82, 2.24) is 15.3 Å². The number of benzene rings is 2. The number of para-hydroxylation sites is 1. The molecule has 32 heavy (non-hydrogen) atoms. The van der Waals surface area contributed by atoms with Crippen LogP contribution in [-0.2, 0) is 6.42 Å². The van der Waals surface area contributed by atoms with Crippen molar-refractivity contribution < 1.29 is 13.6 Å². The molecule has 3 aromatic rings. The Balaban J connectivity index is 0.00000289. The lowest BCUT2D eigenvalue weighted by molar-refractivity contribution is 0.0921. The van der Waals surface area contributed by atoms with E-state index in [1.165, 1.54) is 6.07 Å². The number of fused-ring (bicyclic) bond motifs is 1. The topological polar surface area (TPSA) is 58.1 Å². The third-order valence-corrected chi connectivity index (χ3v) is 5.89. The molecule has 0 spiro atoms. The first kappa shape index (κ1) is 23.9. The largest absolute Gasteiger partial charge is 0.362 e. The molecule has 1 fully saturated rings. The van der Waals surface area contributed by atoms with E-state index in [0.717, 1.165) is 66.8 Å². The quantitative estimate of drug-likeness (QED) is 0.586. The van der Waals surface area contributed by atoms with Gasteiger partial charge in [0.1, 0.15) is 11.6 Å². The Morgan fingerprint density at radius 3 is 2.44 bits per heavy atom. The van der Waals surface area contributed by atoms with Crippen LogP contribution in [0.25, 0.3) is 10.9 Å². The average molecular weight is 461 g/mol. The molecule has 5 nitrogen and oxygen atoms in total. The Hall–Kier alpha value is -2.80. The zero-order chi connectivity index (χ0) is 22.0. The fraction of sp³-hybridized carbons (Fsp3) is 0.375. The van der Waals surface area contributed by atoms with E-state index in [-0.39, 0.29) is 29.9 Å². The van der Waals surface area contributed by atoms with Gasteiger partial charge in [-0.05, 0) is 61.9 Å². The summed E-state index contributed by atoms with van der Waals surface area (Å²) in [4.78, 5) is 23.9. The lowest BCUT2D eigenvalue weighted by Gasteiger charge is -2.29. The van der Waals surface area contributed by atoms with Gasteiger partial charge in [-0.1, -0.05) is 12.1 Å². The van der Waals surface area contributed by atoms with E-state index in [4.69, 9.17) is 9.97 Å². The normalized spacial score (nSPS) is 18.1. The van der Waals surface area contributed by atoms with Gasteiger partial charge in [-0.25, -0.2) is 18.7 Å². The van der Waals surface area contributed by atoms with E-state index >= 15 is 0 Å². The maximum atomic E-state index is 13.4. The molecule has 1 aliphatic rings. The zero-order valence-corrected chi connectivity index (χ0v) is 19.0. The van der Waals surface area contributed by atoms with Crippen LogP contribution in [0.15, 0.2) is 42.5 Å². The summed E-state index contributed by atoms with van der Waals surface area (Å²) in [5.74, 6) is -0.109. The molecular formula is C24H27ClF2N4O. The van der Waals surface area contributed by atoms with Crippen LogP contribution >= 0.6 is 12.4 Å². The molecule has 1 N–H and O–H groups in total. The zero-order valence-electron chi connectivity index (χ0n) is 18.1. The molecule has 0 atom stereocenters. The van der Waals surface area contributed by atoms with Gasteiger partial charge in [0.2, 0.25) is 0 Å². The van der Waals surface area contributed by atoms with Crippen LogP contribution < -0.4 is 10.2 Å². The summed E-state index contributed by atoms with van der Waals surface area (Å²) >= 11 is 0. The number of hydrogen-bond acceptors (Lipinski definition) is 4. The summed E-state index contributed by atoms with van der Waals surface area (Å²) in [5, 5.41) is 3.99. The number of carbonyl (C=O) groups excluding carboxylic acids is 1. The highest BCUT2D eigenvalue weighted by Gasteiger charge is 2.24. The van der Waals surface area contributed by atoms with Crippen molar-refractivity contribution in [3.8, 4) is 0 Å². The molecule has 1 aliphatic carbocycles. The minimum atomic E-state index is -1.01. The Kier molecular flexibility index (Phi) is 7.61. The first-order valence-corrected chi connectivity index (χ1v) is 10.6. The predicted octanol–water partition coefficient (Wildman–Crippen LogP) is 4.93. The van der Waals surface area contributed by atoms with Crippen LogP contribution in [0.5, 0.6) is 0 Å². The number of rotatable bonds is 5. The van der Waals surface area contributed by atoms with E-state index in [1.807, 2.05) is 43.3 Å². The van der Waals surface area contributed by atoms with Crippen molar-refractivity contribution in [2.24, 2.45) is 5.92 Å². The molecule has 8 heteroatoms. The predicted molar refractivity (Wildman–Crippen MR) is 124 cm³/mol. The van der Waals surface area contributed by atoms with E-state index in [9.17, 15) is 13.6 Å². The van der Waals surface area contributed by atoms with Gasteiger partial charge in [0.05, 0.1) is 5.52 Å². The lowest BCUT2D eigenvalue weighted by Crippen LogP contribution is -2.38. The van der Waals surface area contributed by atoms with Gasteiger partial charge < -0.3 is 10.2 Å². The number of hydrogen-bond donors (Lipinski definition) is 1. The molecule has 1 aromatic heterocycles. The number of amides is 1. The maximum Gasteiger partial charge on any atom is 0.251 e. The Morgan fingerprint density at radius 1 is 1.03 bits per heavy atom. The summed E-state index contributed by atoms with van der Waals surface area (Å²) < 4.78 is 26.5. The van der Waals surface area contributed by atoms with Crippen LogP contribution in [-0.4, -0.2) is 36.0 Å². The molecule has 1 saturated carbocycles. The number of aromatic nitrogens is 2. The highest BCUT2D eigenvalue weighted by Crippen LogP contribution is 2.29. The Labute approximate surface area is 192 Å². The van der Waals surface area contributed by atoms with Crippen LogP contribution in [0.3, 0.4) is 0 Å². The fourth-order valence-corrected chi connectivity index (χ4v) is 4.21. The number of anilines is 1. The summed E-state index contributed by atoms with van der Waals surface area (Å²) in [6, 6.07) is 11.3. The first-order valence-electron chi connectivity index (χ1n) is 10.6. The number of carbonyl (C=O) groups is 1. The molecule has 2 aromatic carbocycles. The van der Waals surface area contributed by atoms with Crippen molar-refractivity contribution in [2.45, 2.75) is 38.1 Å². The Morgan fingerprint density at radius 2 is 1.75 bits per heavy atom. The molecule has 1 amide bonds. The highest BCUT2D eigenvalue weighted by atomic mass is 35.5. The number of nitrogens with one attached hydrogen (secondary N) is 1. The molecule has 0 radical (unpaired) electrons. The van der Waals surface area contributed by atoms with Crippen LogP contribution in [0.1, 0.15) is 41.9 Å². The Bertz CT molecular complexity index is 1100. The van der Waals surface area contributed by atoms with Crippen molar-refractivity contribution >= 4 is 35.0 Å². The molecule has 0 unspecified atom stereocenters. The van der Waals surface area contributed by atoms with Gasteiger partial charge in [0, 0.05) is 37.5 Å². The minimum absolute atomic E-state index is 0. The molecule has 1 heterocycles. The summed E-state index contributed by atoms with van der Waals surface area (Å²) in [7, 11) is 3.97. The second kappa shape index (κ2) is 10.2. The second-order valence-corrected chi connectivity index (χ2v) is 8.40. The first-order chi connectivity index (χ1) is 14.9. The summed E-state index contributed by atoms with van der Waals surface area (Å²) in [5.41, 5.74) is 1.09. The fourth-order valence-electron chi connectivity index (χ4n) is 4.21. The smallest absolute Gasteiger partial charge is 0.251 e. The minimum Gasteiger partial charge on any atom is -0.362 e. The van der Waals surface area contributed by atoms with Gasteiger partial charge in [-0.3, -0.25) is 4.79 Å². The van der Waals surface area contributed by atoms with Crippen molar-refractivity contribution in [3.05, 3.63) is 65.5 Å². The highest BCUT2D eigenvalue weighted by molar-refractivity contribution is 5.94. The van der Waals surface area contributed by atoms with Gasteiger partial charge in [0.25, 0.3) is 5.91 Å². The monoisotopic (exact) mass is 460 g/mol. The summed E-state index contributed by atoms with van der Waals surface area (Å²) in [6.07, 6.45) is 4.39. The third-order valence-electron chi connectivity index (χ3n) is 5.89.